The number of thiophene rings is 1. The zero-order valence-corrected chi connectivity index (χ0v) is 15.8. The van der Waals surface area contributed by atoms with E-state index in [1.165, 1.54) is 23.5 Å². The lowest BCUT2D eigenvalue weighted by Gasteiger charge is -2.08. The van der Waals surface area contributed by atoms with Crippen molar-refractivity contribution >= 4 is 28.3 Å². The predicted molar refractivity (Wildman–Crippen MR) is 105 cm³/mol. The van der Waals surface area contributed by atoms with Crippen molar-refractivity contribution < 1.29 is 18.4 Å². The highest BCUT2D eigenvalue weighted by molar-refractivity contribution is 7.13. The van der Waals surface area contributed by atoms with Gasteiger partial charge in [0.05, 0.1) is 28.1 Å². The zero-order valence-electron chi connectivity index (χ0n) is 14.9. The van der Waals surface area contributed by atoms with Crippen molar-refractivity contribution in [3.05, 3.63) is 59.2 Å². The van der Waals surface area contributed by atoms with E-state index in [2.05, 4.69) is 15.5 Å². The van der Waals surface area contributed by atoms with E-state index in [-0.39, 0.29) is 17.4 Å². The SMILES string of the molecule is COCCNC(=O)c1cc(-c2cccs2)nc2onc(-c3ccc(F)cc3)c12. The molecule has 0 saturated heterocycles. The Hall–Kier alpha value is -3.10. The molecule has 0 unspecified atom stereocenters. The number of pyridine rings is 1. The van der Waals surface area contributed by atoms with Crippen LogP contribution in [0.3, 0.4) is 0 Å². The third-order valence-electron chi connectivity index (χ3n) is 4.17. The minimum Gasteiger partial charge on any atom is -0.383 e. The Morgan fingerprint density at radius 3 is 2.82 bits per heavy atom. The van der Waals surface area contributed by atoms with E-state index in [9.17, 15) is 9.18 Å². The van der Waals surface area contributed by atoms with E-state index >= 15 is 0 Å². The van der Waals surface area contributed by atoms with Crippen LogP contribution in [0.1, 0.15) is 10.4 Å². The summed E-state index contributed by atoms with van der Waals surface area (Å²) >= 11 is 1.51. The van der Waals surface area contributed by atoms with Crippen molar-refractivity contribution in [3.63, 3.8) is 0 Å². The van der Waals surface area contributed by atoms with Crippen LogP contribution in [-0.4, -0.2) is 36.3 Å². The Balaban J connectivity index is 1.86. The Bertz CT molecular complexity index is 1110. The van der Waals surface area contributed by atoms with Gasteiger partial charge in [0.25, 0.3) is 11.6 Å². The van der Waals surface area contributed by atoms with E-state index in [0.717, 1.165) is 4.88 Å². The summed E-state index contributed by atoms with van der Waals surface area (Å²) < 4.78 is 23.7. The summed E-state index contributed by atoms with van der Waals surface area (Å²) in [5.74, 6) is -0.638. The van der Waals surface area contributed by atoms with Crippen LogP contribution in [0.2, 0.25) is 0 Å². The topological polar surface area (TPSA) is 77.2 Å². The molecule has 28 heavy (non-hydrogen) atoms. The number of rotatable bonds is 6. The first-order chi connectivity index (χ1) is 13.7. The molecule has 1 amide bonds. The monoisotopic (exact) mass is 397 g/mol. The third kappa shape index (κ3) is 3.51. The first-order valence-corrected chi connectivity index (χ1v) is 9.42. The summed E-state index contributed by atoms with van der Waals surface area (Å²) in [7, 11) is 1.57. The summed E-state index contributed by atoms with van der Waals surface area (Å²) in [5, 5.41) is 9.34. The molecular weight excluding hydrogens is 381 g/mol. The Morgan fingerprint density at radius 2 is 2.11 bits per heavy atom. The highest BCUT2D eigenvalue weighted by Crippen LogP contribution is 2.33. The number of ether oxygens (including phenoxy) is 1. The summed E-state index contributed by atoms with van der Waals surface area (Å²) in [5.41, 5.74) is 2.35. The first-order valence-electron chi connectivity index (χ1n) is 8.54. The van der Waals surface area contributed by atoms with Gasteiger partial charge in [-0.2, -0.15) is 0 Å². The average Bonchev–Trinajstić information content (AvgIpc) is 3.38. The number of nitrogens with one attached hydrogen (secondary N) is 1. The van der Waals surface area contributed by atoms with Gasteiger partial charge in [-0.1, -0.05) is 11.2 Å². The molecule has 3 heterocycles. The van der Waals surface area contributed by atoms with Crippen LogP contribution in [0.4, 0.5) is 4.39 Å². The number of amides is 1. The van der Waals surface area contributed by atoms with Crippen LogP contribution in [0.25, 0.3) is 32.9 Å². The molecular formula is C20H16FN3O3S. The number of hydrogen-bond donors (Lipinski definition) is 1. The van der Waals surface area contributed by atoms with Crippen LogP contribution in [0, 0.1) is 5.82 Å². The number of carbonyl (C=O) groups excluding carboxylic acids is 1. The number of benzene rings is 1. The number of hydrogen-bond acceptors (Lipinski definition) is 6. The Kier molecular flexibility index (Phi) is 5.14. The summed E-state index contributed by atoms with van der Waals surface area (Å²) in [6.07, 6.45) is 0. The van der Waals surface area contributed by atoms with Gasteiger partial charge >= 0.3 is 0 Å². The Morgan fingerprint density at radius 1 is 1.29 bits per heavy atom. The van der Waals surface area contributed by atoms with Gasteiger partial charge < -0.3 is 14.6 Å². The molecule has 0 aliphatic heterocycles. The smallest absolute Gasteiger partial charge is 0.259 e. The van der Waals surface area contributed by atoms with Crippen LogP contribution >= 0.6 is 11.3 Å². The lowest BCUT2D eigenvalue weighted by atomic mass is 10.0. The van der Waals surface area contributed by atoms with Gasteiger partial charge in [0, 0.05) is 19.2 Å². The first kappa shape index (κ1) is 18.3. The van der Waals surface area contributed by atoms with E-state index < -0.39 is 0 Å². The summed E-state index contributed by atoms with van der Waals surface area (Å²) in [6, 6.07) is 11.4. The molecule has 1 N–H and O–H groups in total. The minimum atomic E-state index is -0.354. The molecule has 0 spiro atoms. The fourth-order valence-corrected chi connectivity index (χ4v) is 3.53. The van der Waals surface area contributed by atoms with E-state index in [0.29, 0.717) is 41.1 Å². The van der Waals surface area contributed by atoms with Crippen molar-refractivity contribution in [2.45, 2.75) is 0 Å². The second-order valence-electron chi connectivity index (χ2n) is 6.00. The van der Waals surface area contributed by atoms with Gasteiger partial charge in [0.15, 0.2) is 0 Å². The fraction of sp³-hybridized carbons (Fsp3) is 0.150. The summed E-state index contributed by atoms with van der Waals surface area (Å²) in [6.45, 7) is 0.761. The van der Waals surface area contributed by atoms with Crippen molar-refractivity contribution in [3.8, 4) is 21.8 Å². The van der Waals surface area contributed by atoms with Crippen molar-refractivity contribution in [1.29, 1.82) is 0 Å². The third-order valence-corrected chi connectivity index (χ3v) is 5.07. The van der Waals surface area contributed by atoms with Gasteiger partial charge in [-0.15, -0.1) is 11.3 Å². The molecule has 0 bridgehead atoms. The average molecular weight is 397 g/mol. The molecule has 4 aromatic rings. The van der Waals surface area contributed by atoms with Crippen LogP contribution in [0.5, 0.6) is 0 Å². The molecule has 0 fully saturated rings. The maximum Gasteiger partial charge on any atom is 0.259 e. The number of halogens is 1. The molecule has 1 aromatic carbocycles. The Labute approximate surface area is 164 Å². The van der Waals surface area contributed by atoms with E-state index in [1.807, 2.05) is 17.5 Å². The molecule has 0 aliphatic rings. The second-order valence-corrected chi connectivity index (χ2v) is 6.95. The van der Waals surface area contributed by atoms with E-state index in [4.69, 9.17) is 9.26 Å². The molecule has 0 saturated carbocycles. The number of nitrogens with zero attached hydrogens (tertiary/aromatic N) is 2. The molecule has 0 radical (unpaired) electrons. The number of aromatic nitrogens is 2. The van der Waals surface area contributed by atoms with Crippen molar-refractivity contribution in [2.24, 2.45) is 0 Å². The number of carbonyl (C=O) groups is 1. The highest BCUT2D eigenvalue weighted by atomic mass is 32.1. The summed E-state index contributed by atoms with van der Waals surface area (Å²) in [4.78, 5) is 18.3. The van der Waals surface area contributed by atoms with Gasteiger partial charge in [-0.3, -0.25) is 4.79 Å². The largest absolute Gasteiger partial charge is 0.383 e. The normalized spacial score (nSPS) is 11.1. The molecule has 3 aromatic heterocycles. The molecule has 4 rings (SSSR count). The maximum atomic E-state index is 13.3. The van der Waals surface area contributed by atoms with Crippen LogP contribution in [0.15, 0.2) is 52.4 Å². The van der Waals surface area contributed by atoms with Gasteiger partial charge in [0.2, 0.25) is 0 Å². The molecule has 0 aliphatic carbocycles. The van der Waals surface area contributed by atoms with Gasteiger partial charge in [-0.25, -0.2) is 9.37 Å². The predicted octanol–water partition coefficient (Wildman–Crippen LogP) is 4.13. The standard InChI is InChI=1S/C20H16FN3O3S/c1-26-9-8-22-19(25)14-11-15(16-3-2-10-28-16)23-20-17(14)18(24-27-20)12-4-6-13(21)7-5-12/h2-7,10-11H,8-9H2,1H3,(H,22,25). The van der Waals surface area contributed by atoms with Crippen molar-refractivity contribution in [2.75, 3.05) is 20.3 Å². The lowest BCUT2D eigenvalue weighted by Crippen LogP contribution is -2.27. The molecule has 142 valence electrons. The quantitative estimate of drug-likeness (QED) is 0.495. The number of fused-ring (bicyclic) bond motifs is 1. The van der Waals surface area contributed by atoms with Crippen LogP contribution in [-0.2, 0) is 4.74 Å². The van der Waals surface area contributed by atoms with E-state index in [1.54, 1.807) is 25.3 Å². The molecule has 6 nitrogen and oxygen atoms in total. The minimum absolute atomic E-state index is 0.252. The molecule has 0 atom stereocenters. The second kappa shape index (κ2) is 7.87. The van der Waals surface area contributed by atoms with Gasteiger partial charge in [0.1, 0.15) is 11.5 Å². The van der Waals surface area contributed by atoms with Crippen molar-refractivity contribution in [1.82, 2.24) is 15.5 Å². The highest BCUT2D eigenvalue weighted by Gasteiger charge is 2.22. The maximum absolute atomic E-state index is 13.3. The lowest BCUT2D eigenvalue weighted by molar-refractivity contribution is 0.0938. The van der Waals surface area contributed by atoms with Gasteiger partial charge in [-0.05, 0) is 41.8 Å². The fourth-order valence-electron chi connectivity index (χ4n) is 2.85. The van der Waals surface area contributed by atoms with Crippen LogP contribution < -0.4 is 5.32 Å². The molecule has 8 heteroatoms. The number of methoxy groups -OCH3 is 1. The zero-order chi connectivity index (χ0) is 19.5.